The Hall–Kier alpha value is -1.58. The monoisotopic (exact) mass is 241 g/mol. The van der Waals surface area contributed by atoms with E-state index in [4.69, 9.17) is 0 Å². The number of para-hydroxylation sites is 1. The number of pyridine rings is 1. The van der Waals surface area contributed by atoms with Crippen LogP contribution in [0.4, 0.5) is 13.2 Å². The van der Waals surface area contributed by atoms with Gasteiger partial charge in [0.05, 0.1) is 5.52 Å². The summed E-state index contributed by atoms with van der Waals surface area (Å²) in [6.07, 6.45) is -4.38. The van der Waals surface area contributed by atoms with Crippen molar-refractivity contribution in [2.75, 3.05) is 0 Å². The Balaban J connectivity index is 0.000000686. The van der Waals surface area contributed by atoms with Gasteiger partial charge in [0.1, 0.15) is 5.69 Å². The number of hydrogen-bond donors (Lipinski definition) is 0. The van der Waals surface area contributed by atoms with Crippen molar-refractivity contribution in [1.82, 2.24) is 4.98 Å². The summed E-state index contributed by atoms with van der Waals surface area (Å²) < 4.78 is 37.3. The molecule has 0 N–H and O–H groups in total. The molecular formula is C13H14F3N. The first-order chi connectivity index (χ1) is 7.98. The lowest BCUT2D eigenvalue weighted by molar-refractivity contribution is -0.141. The summed E-state index contributed by atoms with van der Waals surface area (Å²) in [6.45, 7) is 5.65. The molecule has 0 atom stereocenters. The number of hydrogen-bond acceptors (Lipinski definition) is 1. The topological polar surface area (TPSA) is 12.9 Å². The van der Waals surface area contributed by atoms with Gasteiger partial charge in [-0.3, -0.25) is 0 Å². The van der Waals surface area contributed by atoms with E-state index >= 15 is 0 Å². The number of alkyl halides is 3. The third-order valence-corrected chi connectivity index (χ3v) is 2.21. The summed E-state index contributed by atoms with van der Waals surface area (Å²) >= 11 is 0. The maximum absolute atomic E-state index is 12.4. The molecule has 1 heterocycles. The van der Waals surface area contributed by atoms with Crippen molar-refractivity contribution in [3.8, 4) is 0 Å². The predicted octanol–water partition coefficient (Wildman–Crippen LogP) is 4.59. The normalized spacial score (nSPS) is 10.9. The smallest absolute Gasteiger partial charge is 0.243 e. The van der Waals surface area contributed by atoms with Gasteiger partial charge in [-0.25, -0.2) is 4.98 Å². The van der Waals surface area contributed by atoms with Gasteiger partial charge in [-0.1, -0.05) is 32.0 Å². The van der Waals surface area contributed by atoms with E-state index in [-0.39, 0.29) is 0 Å². The highest BCUT2D eigenvalue weighted by Crippen LogP contribution is 2.30. The lowest BCUT2D eigenvalue weighted by Crippen LogP contribution is -2.08. The van der Waals surface area contributed by atoms with E-state index in [1.807, 2.05) is 13.8 Å². The van der Waals surface area contributed by atoms with Crippen LogP contribution in [0, 0.1) is 6.92 Å². The molecule has 0 amide bonds. The Bertz CT molecular complexity index is 503. The number of benzene rings is 1. The minimum atomic E-state index is -4.38. The van der Waals surface area contributed by atoms with Crippen molar-refractivity contribution in [2.45, 2.75) is 26.9 Å². The largest absolute Gasteiger partial charge is 0.433 e. The first-order valence-electron chi connectivity index (χ1n) is 5.42. The summed E-state index contributed by atoms with van der Waals surface area (Å²) in [5.41, 5.74) is 0.136. The van der Waals surface area contributed by atoms with Gasteiger partial charge in [-0.15, -0.1) is 0 Å². The molecule has 0 aliphatic carbocycles. The number of nitrogens with zero attached hydrogens (tertiary/aromatic N) is 1. The molecule has 0 saturated carbocycles. The van der Waals surface area contributed by atoms with Crippen molar-refractivity contribution in [2.24, 2.45) is 0 Å². The van der Waals surface area contributed by atoms with Gasteiger partial charge in [-0.2, -0.15) is 13.2 Å². The van der Waals surface area contributed by atoms with E-state index in [1.54, 1.807) is 31.2 Å². The highest BCUT2D eigenvalue weighted by atomic mass is 19.4. The number of aryl methyl sites for hydroxylation is 1. The fraction of sp³-hybridized carbons (Fsp3) is 0.308. The molecule has 0 unspecified atom stereocenters. The van der Waals surface area contributed by atoms with Gasteiger partial charge in [0.2, 0.25) is 0 Å². The second kappa shape index (κ2) is 5.17. The zero-order valence-corrected chi connectivity index (χ0v) is 9.97. The number of halogens is 3. The van der Waals surface area contributed by atoms with Crippen molar-refractivity contribution in [1.29, 1.82) is 0 Å². The maximum Gasteiger partial charge on any atom is 0.433 e. The molecule has 1 aromatic heterocycles. The molecule has 1 nitrogen and oxygen atoms in total. The van der Waals surface area contributed by atoms with Crippen molar-refractivity contribution < 1.29 is 13.2 Å². The lowest BCUT2D eigenvalue weighted by Gasteiger charge is -2.08. The second-order valence-electron chi connectivity index (χ2n) is 3.34. The standard InChI is InChI=1S/C11H8F3N.C2H6/c1-7-6-10(11(12,13)14)15-9-5-3-2-4-8(7)9;1-2/h2-6H,1H3;1-2H3. The van der Waals surface area contributed by atoms with E-state index in [2.05, 4.69) is 4.98 Å². The van der Waals surface area contributed by atoms with Crippen LogP contribution in [0.1, 0.15) is 25.1 Å². The fourth-order valence-corrected chi connectivity index (χ4v) is 1.49. The average molecular weight is 241 g/mol. The Morgan fingerprint density at radius 2 is 1.65 bits per heavy atom. The van der Waals surface area contributed by atoms with Crippen LogP contribution >= 0.6 is 0 Å². The van der Waals surface area contributed by atoms with Crippen LogP contribution in [0.3, 0.4) is 0 Å². The minimum absolute atomic E-state index is 0.379. The van der Waals surface area contributed by atoms with Crippen molar-refractivity contribution in [3.05, 3.63) is 41.6 Å². The summed E-state index contributed by atoms with van der Waals surface area (Å²) in [7, 11) is 0. The van der Waals surface area contributed by atoms with Gasteiger partial charge in [-0.05, 0) is 24.6 Å². The molecule has 2 rings (SSSR count). The van der Waals surface area contributed by atoms with Crippen LogP contribution in [0.15, 0.2) is 30.3 Å². The molecule has 0 bridgehead atoms. The highest BCUT2D eigenvalue weighted by Gasteiger charge is 2.32. The third kappa shape index (κ3) is 2.96. The molecular weight excluding hydrogens is 227 g/mol. The average Bonchev–Trinajstić information content (AvgIpc) is 2.30. The van der Waals surface area contributed by atoms with Gasteiger partial charge < -0.3 is 0 Å². The van der Waals surface area contributed by atoms with Crippen LogP contribution in [0.25, 0.3) is 10.9 Å². The molecule has 0 fully saturated rings. The van der Waals surface area contributed by atoms with Crippen LogP contribution in [0.5, 0.6) is 0 Å². The number of rotatable bonds is 0. The van der Waals surface area contributed by atoms with Gasteiger partial charge in [0, 0.05) is 5.39 Å². The highest BCUT2D eigenvalue weighted by molar-refractivity contribution is 5.82. The summed E-state index contributed by atoms with van der Waals surface area (Å²) in [5, 5.41) is 0.755. The Labute approximate surface area is 98.3 Å². The molecule has 1 aromatic carbocycles. The third-order valence-electron chi connectivity index (χ3n) is 2.21. The SMILES string of the molecule is CC.Cc1cc(C(F)(F)F)nc2ccccc12. The predicted molar refractivity (Wildman–Crippen MR) is 62.8 cm³/mol. The Morgan fingerprint density at radius 3 is 2.24 bits per heavy atom. The van der Waals surface area contributed by atoms with E-state index in [0.717, 1.165) is 11.5 Å². The van der Waals surface area contributed by atoms with Gasteiger partial charge in [0.25, 0.3) is 0 Å². The van der Waals surface area contributed by atoms with E-state index in [0.29, 0.717) is 11.1 Å². The molecule has 0 aliphatic rings. The number of aromatic nitrogens is 1. The van der Waals surface area contributed by atoms with Gasteiger partial charge in [0.15, 0.2) is 0 Å². The Kier molecular flexibility index (Phi) is 4.10. The van der Waals surface area contributed by atoms with Crippen LogP contribution in [-0.2, 0) is 6.18 Å². The molecule has 0 aliphatic heterocycles. The summed E-state index contributed by atoms with van der Waals surface area (Å²) in [5.74, 6) is 0. The quantitative estimate of drug-likeness (QED) is 0.657. The summed E-state index contributed by atoms with van der Waals surface area (Å²) in [4.78, 5) is 3.58. The maximum atomic E-state index is 12.4. The Morgan fingerprint density at radius 1 is 1.06 bits per heavy atom. The minimum Gasteiger partial charge on any atom is -0.243 e. The zero-order valence-electron chi connectivity index (χ0n) is 9.97. The molecule has 92 valence electrons. The second-order valence-corrected chi connectivity index (χ2v) is 3.34. The number of fused-ring (bicyclic) bond motifs is 1. The molecule has 0 spiro atoms. The molecule has 4 heteroatoms. The van der Waals surface area contributed by atoms with Crippen molar-refractivity contribution in [3.63, 3.8) is 0 Å². The molecule has 0 radical (unpaired) electrons. The molecule has 0 saturated heterocycles. The van der Waals surface area contributed by atoms with Crippen LogP contribution in [0.2, 0.25) is 0 Å². The van der Waals surface area contributed by atoms with Crippen LogP contribution in [-0.4, -0.2) is 4.98 Å². The van der Waals surface area contributed by atoms with Crippen molar-refractivity contribution >= 4 is 10.9 Å². The van der Waals surface area contributed by atoms with Gasteiger partial charge >= 0.3 is 6.18 Å². The fourth-order valence-electron chi connectivity index (χ4n) is 1.49. The first-order valence-corrected chi connectivity index (χ1v) is 5.42. The first kappa shape index (κ1) is 13.5. The zero-order chi connectivity index (χ0) is 13.1. The van der Waals surface area contributed by atoms with Crippen LogP contribution < -0.4 is 0 Å². The van der Waals surface area contributed by atoms with E-state index < -0.39 is 11.9 Å². The molecule has 2 aromatic rings. The molecule has 17 heavy (non-hydrogen) atoms. The lowest BCUT2D eigenvalue weighted by atomic mass is 10.1. The van der Waals surface area contributed by atoms with E-state index in [1.165, 1.54) is 0 Å². The summed E-state index contributed by atoms with van der Waals surface area (Å²) in [6, 6.07) is 7.87. The van der Waals surface area contributed by atoms with E-state index in [9.17, 15) is 13.2 Å².